The highest BCUT2D eigenvalue weighted by Gasteiger charge is 2.32. The van der Waals surface area contributed by atoms with Gasteiger partial charge in [0.25, 0.3) is 0 Å². The molecule has 0 aliphatic rings. The van der Waals surface area contributed by atoms with Gasteiger partial charge in [0.05, 0.1) is 17.8 Å². The first-order chi connectivity index (χ1) is 10.1. The zero-order chi connectivity index (χ0) is 17.4. The van der Waals surface area contributed by atoms with Crippen LogP contribution < -0.4 is 11.5 Å². The Labute approximate surface area is 128 Å². The summed E-state index contributed by atoms with van der Waals surface area (Å²) in [6.45, 7) is 3.18. The number of rotatable bonds is 11. The van der Waals surface area contributed by atoms with E-state index in [0.717, 1.165) is 0 Å². The maximum atomic E-state index is 11.6. The Morgan fingerprint density at radius 1 is 0.955 bits per heavy atom. The van der Waals surface area contributed by atoms with E-state index in [1.54, 1.807) is 6.92 Å². The van der Waals surface area contributed by atoms with Crippen LogP contribution in [-0.2, 0) is 19.2 Å². The van der Waals surface area contributed by atoms with Crippen molar-refractivity contribution in [1.29, 1.82) is 0 Å². The summed E-state index contributed by atoms with van der Waals surface area (Å²) in [6, 6.07) is 0. The van der Waals surface area contributed by atoms with Crippen LogP contribution in [0.15, 0.2) is 0 Å². The largest absolute Gasteiger partial charge is 0.481 e. The number of aliphatic carboxylic acids is 2. The lowest BCUT2D eigenvalue weighted by molar-refractivity contribution is -0.312. The number of carbonyl (C=O) groups excluding carboxylic acids is 2. The van der Waals surface area contributed by atoms with Crippen LogP contribution in [0, 0.1) is 23.7 Å². The molecule has 126 valence electrons. The Hall–Kier alpha value is -1.96. The van der Waals surface area contributed by atoms with Crippen molar-refractivity contribution in [3.63, 3.8) is 0 Å². The Balaban J connectivity index is 5.01. The van der Waals surface area contributed by atoms with Crippen molar-refractivity contribution in [3.8, 4) is 0 Å². The fourth-order valence-corrected chi connectivity index (χ4v) is 2.36. The number of hydrogen-bond donors (Lipinski definition) is 4. The summed E-state index contributed by atoms with van der Waals surface area (Å²) in [6.07, 6.45) is 0.425. The van der Waals surface area contributed by atoms with E-state index >= 15 is 0 Å². The lowest BCUT2D eigenvalue weighted by Crippen LogP contribution is -2.61. The number of hydrogen-bond acceptors (Lipinski definition) is 4. The molecule has 0 radical (unpaired) electrons. The van der Waals surface area contributed by atoms with Crippen LogP contribution in [0.3, 0.4) is 0 Å². The fraction of sp³-hybridized carbons (Fsp3) is 0.714. The van der Waals surface area contributed by atoms with Crippen molar-refractivity contribution in [2.24, 2.45) is 29.4 Å². The van der Waals surface area contributed by atoms with Crippen LogP contribution in [0.5, 0.6) is 0 Å². The second kappa shape index (κ2) is 9.14. The van der Waals surface area contributed by atoms with Crippen molar-refractivity contribution in [2.75, 3.05) is 0 Å². The second-order valence-corrected chi connectivity index (χ2v) is 5.65. The van der Waals surface area contributed by atoms with Gasteiger partial charge < -0.3 is 15.9 Å². The summed E-state index contributed by atoms with van der Waals surface area (Å²) < 4.78 is 0. The van der Waals surface area contributed by atoms with Gasteiger partial charge in [-0.15, -0.1) is 0 Å². The van der Waals surface area contributed by atoms with Gasteiger partial charge in [-0.1, -0.05) is 13.8 Å². The molecule has 0 saturated heterocycles. The van der Waals surface area contributed by atoms with Gasteiger partial charge in [-0.3, -0.25) is 20.1 Å². The molecule has 0 fully saturated rings. The number of nitrogens with two attached hydrogens (primary N) is 1. The van der Waals surface area contributed by atoms with Gasteiger partial charge in [-0.25, -0.2) is 4.79 Å². The number of primary amides is 1. The molecule has 0 aromatic heterocycles. The van der Waals surface area contributed by atoms with Crippen molar-refractivity contribution >= 4 is 23.8 Å². The predicted molar refractivity (Wildman–Crippen MR) is 76.1 cm³/mol. The van der Waals surface area contributed by atoms with E-state index in [0.29, 0.717) is 6.42 Å². The number of carboxylic acid groups (broad SMARTS) is 2. The van der Waals surface area contributed by atoms with E-state index in [4.69, 9.17) is 10.8 Å². The van der Waals surface area contributed by atoms with Gasteiger partial charge in [0.1, 0.15) is 0 Å². The van der Waals surface area contributed by atoms with Crippen LogP contribution in [0.25, 0.3) is 0 Å². The molecule has 0 aromatic rings. The maximum absolute atomic E-state index is 11.6. The van der Waals surface area contributed by atoms with E-state index in [1.165, 1.54) is 6.92 Å². The molecule has 7 N–H and O–H groups in total. The Morgan fingerprint density at radius 2 is 1.45 bits per heavy atom. The zero-order valence-electron chi connectivity index (χ0n) is 12.9. The van der Waals surface area contributed by atoms with Crippen LogP contribution >= 0.6 is 0 Å². The fourth-order valence-electron chi connectivity index (χ4n) is 2.36. The highest BCUT2D eigenvalue weighted by Crippen LogP contribution is 2.26. The molecule has 8 heteroatoms. The smallest absolute Gasteiger partial charge is 0.311 e. The van der Waals surface area contributed by atoms with Gasteiger partial charge in [-0.2, -0.15) is 0 Å². The molecule has 8 nitrogen and oxygen atoms in total. The molecule has 0 spiro atoms. The average Bonchev–Trinajstić information content (AvgIpc) is 2.40. The van der Waals surface area contributed by atoms with Gasteiger partial charge in [0.15, 0.2) is 0 Å². The van der Waals surface area contributed by atoms with E-state index in [1.807, 2.05) is 0 Å². The van der Waals surface area contributed by atoms with Crippen LogP contribution in [0.4, 0.5) is 0 Å². The molecular formula is C14H25N2O6+. The molecule has 0 heterocycles. The third-order valence-electron chi connectivity index (χ3n) is 3.90. The van der Waals surface area contributed by atoms with Gasteiger partial charge in [0.2, 0.25) is 5.91 Å². The van der Waals surface area contributed by atoms with Crippen LogP contribution in [0.2, 0.25) is 0 Å². The number of carbonyl (C=O) groups is 4. The second-order valence-electron chi connectivity index (χ2n) is 5.65. The first kappa shape index (κ1) is 20.0. The predicted octanol–water partition coefficient (Wildman–Crippen LogP) is -0.526. The van der Waals surface area contributed by atoms with Crippen LogP contribution in [-0.4, -0.2) is 34.0 Å². The quantitative estimate of drug-likeness (QED) is 0.400. The van der Waals surface area contributed by atoms with E-state index < -0.39 is 47.4 Å². The molecule has 4 atom stereocenters. The Morgan fingerprint density at radius 3 is 1.77 bits per heavy atom. The molecule has 0 bridgehead atoms. The summed E-state index contributed by atoms with van der Waals surface area (Å²) in [5.41, 5.74) is 8.50. The molecule has 0 aromatic carbocycles. The Kier molecular flexibility index (Phi) is 8.32. The van der Waals surface area contributed by atoms with Crippen molar-refractivity contribution in [2.45, 2.75) is 39.5 Å². The monoisotopic (exact) mass is 317 g/mol. The maximum Gasteiger partial charge on any atom is 0.311 e. The average molecular weight is 317 g/mol. The minimum atomic E-state index is -1.13. The number of amides is 2. The normalized spacial score (nSPS) is 16.3. The molecular weight excluding hydrogens is 292 g/mol. The molecule has 0 rings (SSSR count). The molecule has 0 aliphatic heterocycles. The van der Waals surface area contributed by atoms with E-state index in [9.17, 15) is 24.3 Å². The van der Waals surface area contributed by atoms with Crippen molar-refractivity contribution < 1.29 is 35.1 Å². The summed E-state index contributed by atoms with van der Waals surface area (Å²) in [5, 5.41) is 18.2. The van der Waals surface area contributed by atoms with Crippen molar-refractivity contribution in [1.82, 2.24) is 0 Å². The molecule has 4 unspecified atom stereocenters. The summed E-state index contributed by atoms with van der Waals surface area (Å²) in [4.78, 5) is 45.0. The first-order valence-electron chi connectivity index (χ1n) is 7.20. The highest BCUT2D eigenvalue weighted by atomic mass is 16.4. The molecule has 0 saturated carbocycles. The number of carboxylic acids is 2. The van der Waals surface area contributed by atoms with Gasteiger partial charge in [0, 0.05) is 5.92 Å². The van der Waals surface area contributed by atoms with E-state index in [-0.39, 0.29) is 19.3 Å². The third kappa shape index (κ3) is 6.66. The lowest BCUT2D eigenvalue weighted by Gasteiger charge is -2.21. The standard InChI is InChI=1S/C14H24N2O6/c1-3-8(11(15)17)5-10(14(21)22)6-9(12(16)18)4-7(2)13(19)20/h7-10H,3-6H2,1-2H3,(H2,15,17)(H2,16,18)(H,19,20)(H,21,22)/p+1. The number of quaternary nitrogens is 1. The summed E-state index contributed by atoms with van der Waals surface area (Å²) in [5.74, 6) is -6.32. The SMILES string of the molecule is CCC(CC(CC(CC(C)C(=O)O)C([NH3+])=O)C(=O)O)C(N)=O. The van der Waals surface area contributed by atoms with Crippen molar-refractivity contribution in [3.05, 3.63) is 0 Å². The van der Waals surface area contributed by atoms with Crippen LogP contribution in [0.1, 0.15) is 39.5 Å². The Bertz CT molecular complexity index is 437. The zero-order valence-corrected chi connectivity index (χ0v) is 12.9. The minimum Gasteiger partial charge on any atom is -0.481 e. The summed E-state index contributed by atoms with van der Waals surface area (Å²) >= 11 is 0. The minimum absolute atomic E-state index is 0.0226. The molecule has 0 aliphatic carbocycles. The lowest BCUT2D eigenvalue weighted by atomic mass is 9.82. The van der Waals surface area contributed by atoms with Gasteiger partial charge >= 0.3 is 17.8 Å². The third-order valence-corrected chi connectivity index (χ3v) is 3.90. The summed E-state index contributed by atoms with van der Waals surface area (Å²) in [7, 11) is 0. The van der Waals surface area contributed by atoms with E-state index in [2.05, 4.69) is 5.73 Å². The molecule has 2 amide bonds. The van der Waals surface area contributed by atoms with Gasteiger partial charge in [-0.05, 0) is 25.7 Å². The highest BCUT2D eigenvalue weighted by molar-refractivity contribution is 5.78. The topological polar surface area (TPSA) is 162 Å². The first-order valence-corrected chi connectivity index (χ1v) is 7.20. The molecule has 22 heavy (non-hydrogen) atoms.